The van der Waals surface area contributed by atoms with Crippen molar-refractivity contribution in [3.63, 3.8) is 0 Å². The van der Waals surface area contributed by atoms with Gasteiger partial charge in [0.05, 0.1) is 19.9 Å². The SMILES string of the molecule is COc1ccc(-c2csc(NC(=O)C(Cl)Cl)n2)cc1OC. The van der Waals surface area contributed by atoms with Gasteiger partial charge in [-0.3, -0.25) is 10.1 Å². The first-order valence-electron chi connectivity index (χ1n) is 5.82. The lowest BCUT2D eigenvalue weighted by Gasteiger charge is -2.08. The second-order valence-electron chi connectivity index (χ2n) is 3.90. The summed E-state index contributed by atoms with van der Waals surface area (Å²) >= 11 is 12.2. The van der Waals surface area contributed by atoms with Crippen LogP contribution in [0.4, 0.5) is 5.13 Å². The number of ether oxygens (including phenoxy) is 2. The highest BCUT2D eigenvalue weighted by molar-refractivity contribution is 7.14. The number of alkyl halides is 2. The Morgan fingerprint density at radius 3 is 2.62 bits per heavy atom. The van der Waals surface area contributed by atoms with Crippen molar-refractivity contribution in [2.45, 2.75) is 4.84 Å². The highest BCUT2D eigenvalue weighted by Crippen LogP contribution is 2.33. The normalized spacial score (nSPS) is 10.5. The summed E-state index contributed by atoms with van der Waals surface area (Å²) < 4.78 is 10.4. The van der Waals surface area contributed by atoms with Gasteiger partial charge >= 0.3 is 0 Å². The highest BCUT2D eigenvalue weighted by atomic mass is 35.5. The average molecular weight is 347 g/mol. The van der Waals surface area contributed by atoms with Crippen LogP contribution in [0, 0.1) is 0 Å². The monoisotopic (exact) mass is 346 g/mol. The fourth-order valence-electron chi connectivity index (χ4n) is 1.62. The summed E-state index contributed by atoms with van der Waals surface area (Å²) in [6.07, 6.45) is 0. The molecule has 21 heavy (non-hydrogen) atoms. The number of thiazole rings is 1. The minimum atomic E-state index is -1.13. The Morgan fingerprint density at radius 1 is 1.29 bits per heavy atom. The summed E-state index contributed by atoms with van der Waals surface area (Å²) in [6.45, 7) is 0. The molecule has 1 aromatic heterocycles. The third-order valence-electron chi connectivity index (χ3n) is 2.61. The molecule has 0 saturated heterocycles. The molecule has 1 aromatic carbocycles. The van der Waals surface area contributed by atoms with Crippen molar-refractivity contribution in [3.8, 4) is 22.8 Å². The van der Waals surface area contributed by atoms with E-state index in [2.05, 4.69) is 10.3 Å². The average Bonchev–Trinajstić information content (AvgIpc) is 2.94. The van der Waals surface area contributed by atoms with Crippen LogP contribution in [0.2, 0.25) is 0 Å². The standard InChI is InChI=1S/C13H12Cl2N2O3S/c1-19-9-4-3-7(5-10(9)20-2)8-6-21-13(16-8)17-12(18)11(14)15/h3-6,11H,1-2H3,(H,16,17,18). The number of anilines is 1. The number of hydrogen-bond acceptors (Lipinski definition) is 5. The Hall–Kier alpha value is -1.50. The molecule has 1 N–H and O–H groups in total. The Labute approximate surface area is 135 Å². The van der Waals surface area contributed by atoms with Crippen molar-refractivity contribution in [1.29, 1.82) is 0 Å². The third-order valence-corrected chi connectivity index (χ3v) is 3.77. The lowest BCUT2D eigenvalue weighted by Crippen LogP contribution is -2.18. The summed E-state index contributed by atoms with van der Waals surface area (Å²) in [5, 5.41) is 4.77. The maximum Gasteiger partial charge on any atom is 0.259 e. The molecule has 0 radical (unpaired) electrons. The maximum absolute atomic E-state index is 11.4. The molecule has 0 saturated carbocycles. The van der Waals surface area contributed by atoms with Crippen LogP contribution in [0.1, 0.15) is 0 Å². The first-order chi connectivity index (χ1) is 10.0. The van der Waals surface area contributed by atoms with Crippen LogP contribution >= 0.6 is 34.5 Å². The number of amides is 1. The lowest BCUT2D eigenvalue weighted by molar-refractivity contribution is -0.114. The molecule has 0 atom stereocenters. The second kappa shape index (κ2) is 6.98. The van der Waals surface area contributed by atoms with Crippen molar-refractivity contribution in [1.82, 2.24) is 4.98 Å². The predicted molar refractivity (Wildman–Crippen MR) is 84.8 cm³/mol. The van der Waals surface area contributed by atoms with Crippen molar-refractivity contribution in [2.75, 3.05) is 19.5 Å². The molecule has 1 amide bonds. The number of carbonyl (C=O) groups is 1. The van der Waals surface area contributed by atoms with Crippen LogP contribution < -0.4 is 14.8 Å². The number of nitrogens with zero attached hydrogens (tertiary/aromatic N) is 1. The van der Waals surface area contributed by atoms with Gasteiger partial charge in [-0.1, -0.05) is 23.2 Å². The zero-order chi connectivity index (χ0) is 15.4. The zero-order valence-electron chi connectivity index (χ0n) is 11.2. The van der Waals surface area contributed by atoms with E-state index in [0.717, 1.165) is 5.56 Å². The summed E-state index contributed by atoms with van der Waals surface area (Å²) in [5.41, 5.74) is 1.55. The maximum atomic E-state index is 11.4. The molecule has 0 aliphatic carbocycles. The number of halogens is 2. The van der Waals surface area contributed by atoms with Crippen LogP contribution in [0.15, 0.2) is 23.6 Å². The second-order valence-corrected chi connectivity index (χ2v) is 5.85. The summed E-state index contributed by atoms with van der Waals surface area (Å²) in [4.78, 5) is 14.6. The molecule has 0 fully saturated rings. The van der Waals surface area contributed by atoms with Crippen molar-refractivity contribution >= 4 is 45.6 Å². The van der Waals surface area contributed by atoms with E-state index in [1.54, 1.807) is 20.3 Å². The van der Waals surface area contributed by atoms with Gasteiger partial charge in [0.15, 0.2) is 21.5 Å². The molecule has 112 valence electrons. The minimum absolute atomic E-state index is 0.427. The van der Waals surface area contributed by atoms with Crippen LogP contribution in [-0.2, 0) is 4.79 Å². The smallest absolute Gasteiger partial charge is 0.259 e. The van der Waals surface area contributed by atoms with E-state index in [-0.39, 0.29) is 0 Å². The minimum Gasteiger partial charge on any atom is -0.493 e. The van der Waals surface area contributed by atoms with E-state index in [0.29, 0.717) is 22.3 Å². The van der Waals surface area contributed by atoms with E-state index in [1.165, 1.54) is 11.3 Å². The first-order valence-corrected chi connectivity index (χ1v) is 7.57. The number of methoxy groups -OCH3 is 2. The van der Waals surface area contributed by atoms with E-state index >= 15 is 0 Å². The van der Waals surface area contributed by atoms with Gasteiger partial charge in [-0.25, -0.2) is 4.98 Å². The van der Waals surface area contributed by atoms with Gasteiger partial charge in [0.2, 0.25) is 0 Å². The fourth-order valence-corrected chi connectivity index (χ4v) is 2.45. The number of carbonyl (C=O) groups excluding carboxylic acids is 1. The number of aromatic nitrogens is 1. The van der Waals surface area contributed by atoms with Gasteiger partial charge in [-0.2, -0.15) is 0 Å². The van der Waals surface area contributed by atoms with Gasteiger partial charge in [-0.05, 0) is 18.2 Å². The van der Waals surface area contributed by atoms with Crippen molar-refractivity contribution in [2.24, 2.45) is 0 Å². The Balaban J connectivity index is 2.23. The summed E-state index contributed by atoms with van der Waals surface area (Å²) in [7, 11) is 3.14. The Kier molecular flexibility index (Phi) is 5.27. The third kappa shape index (κ3) is 3.78. The quantitative estimate of drug-likeness (QED) is 0.840. The fraction of sp³-hybridized carbons (Fsp3) is 0.231. The van der Waals surface area contributed by atoms with E-state index < -0.39 is 10.7 Å². The zero-order valence-corrected chi connectivity index (χ0v) is 13.6. The number of rotatable bonds is 5. The lowest BCUT2D eigenvalue weighted by atomic mass is 10.1. The van der Waals surface area contributed by atoms with Gasteiger partial charge < -0.3 is 9.47 Å². The Morgan fingerprint density at radius 2 is 2.00 bits per heavy atom. The highest BCUT2D eigenvalue weighted by Gasteiger charge is 2.14. The van der Waals surface area contributed by atoms with E-state index in [9.17, 15) is 4.79 Å². The molecule has 8 heteroatoms. The first kappa shape index (κ1) is 15.9. The van der Waals surface area contributed by atoms with Crippen LogP contribution in [0.3, 0.4) is 0 Å². The molecular formula is C13H12Cl2N2O3S. The van der Waals surface area contributed by atoms with Gasteiger partial charge in [0.25, 0.3) is 5.91 Å². The molecule has 2 aromatic rings. The van der Waals surface area contributed by atoms with Gasteiger partial charge in [0.1, 0.15) is 0 Å². The van der Waals surface area contributed by atoms with Crippen LogP contribution in [-0.4, -0.2) is 29.9 Å². The largest absolute Gasteiger partial charge is 0.493 e. The molecular weight excluding hydrogens is 335 g/mol. The van der Waals surface area contributed by atoms with Crippen LogP contribution in [0.5, 0.6) is 11.5 Å². The molecule has 5 nitrogen and oxygen atoms in total. The number of hydrogen-bond donors (Lipinski definition) is 1. The van der Waals surface area contributed by atoms with E-state index in [1.807, 2.05) is 17.5 Å². The van der Waals surface area contributed by atoms with E-state index in [4.69, 9.17) is 32.7 Å². The molecule has 2 rings (SSSR count). The topological polar surface area (TPSA) is 60.5 Å². The molecule has 0 aliphatic rings. The molecule has 1 heterocycles. The Bertz CT molecular complexity index is 646. The number of benzene rings is 1. The van der Waals surface area contributed by atoms with Gasteiger partial charge in [0, 0.05) is 10.9 Å². The molecule has 0 unspecified atom stereocenters. The van der Waals surface area contributed by atoms with Crippen molar-refractivity contribution < 1.29 is 14.3 Å². The molecule has 0 bridgehead atoms. The summed E-state index contributed by atoms with van der Waals surface area (Å²) in [6, 6.07) is 5.46. The predicted octanol–water partition coefficient (Wildman–Crippen LogP) is 3.57. The molecule has 0 spiro atoms. The van der Waals surface area contributed by atoms with Crippen molar-refractivity contribution in [3.05, 3.63) is 23.6 Å². The van der Waals surface area contributed by atoms with Gasteiger partial charge in [-0.15, -0.1) is 11.3 Å². The number of nitrogens with one attached hydrogen (secondary N) is 1. The molecule has 0 aliphatic heterocycles. The summed E-state index contributed by atoms with van der Waals surface area (Å²) in [5.74, 6) is 0.735. The van der Waals surface area contributed by atoms with Crippen LogP contribution in [0.25, 0.3) is 11.3 Å².